The number of methoxy groups -OCH3 is 1. The minimum atomic E-state index is -0.627. The number of rotatable bonds is 3. The van der Waals surface area contributed by atoms with E-state index < -0.39 is 5.97 Å². The molecule has 3 rings (SSSR count). The van der Waals surface area contributed by atoms with E-state index in [1.165, 1.54) is 7.11 Å². The highest BCUT2D eigenvalue weighted by atomic mass is 79.9. The van der Waals surface area contributed by atoms with Gasteiger partial charge in [-0.15, -0.1) is 5.11 Å². The lowest BCUT2D eigenvalue weighted by Crippen LogP contribution is -2.01. The average Bonchev–Trinajstić information content (AvgIpc) is 2.61. The molecule has 5 nitrogen and oxygen atoms in total. The van der Waals surface area contributed by atoms with Gasteiger partial charge in [0, 0.05) is 9.86 Å². The van der Waals surface area contributed by atoms with Gasteiger partial charge in [-0.3, -0.25) is 0 Å². The van der Waals surface area contributed by atoms with Gasteiger partial charge in [-0.25, -0.2) is 4.79 Å². The van der Waals surface area contributed by atoms with Gasteiger partial charge in [-0.05, 0) is 35.7 Å². The first kappa shape index (κ1) is 16.1. The van der Waals surface area contributed by atoms with Crippen LogP contribution in [0.2, 0.25) is 0 Å². The molecule has 0 amide bonds. The number of phenolic OH excluding ortho intramolecular Hbond substituents is 1. The lowest BCUT2D eigenvalue weighted by Gasteiger charge is -2.09. The van der Waals surface area contributed by atoms with Gasteiger partial charge in [0.05, 0.1) is 12.8 Å². The summed E-state index contributed by atoms with van der Waals surface area (Å²) in [4.78, 5) is 11.9. The number of ether oxygens (including phenoxy) is 1. The number of hydrogen-bond donors (Lipinski definition) is 1. The summed E-state index contributed by atoms with van der Waals surface area (Å²) in [6, 6.07) is 16.2. The molecule has 0 aliphatic carbocycles. The highest BCUT2D eigenvalue weighted by molar-refractivity contribution is 9.10. The van der Waals surface area contributed by atoms with Crippen molar-refractivity contribution >= 4 is 44.0 Å². The normalized spacial score (nSPS) is 11.1. The Kier molecular flexibility index (Phi) is 4.57. The molecule has 0 aliphatic heterocycles. The molecule has 0 radical (unpaired) electrons. The first-order chi connectivity index (χ1) is 11.6. The van der Waals surface area contributed by atoms with E-state index in [1.807, 2.05) is 36.4 Å². The first-order valence-electron chi connectivity index (χ1n) is 7.10. The van der Waals surface area contributed by atoms with Gasteiger partial charge < -0.3 is 9.84 Å². The van der Waals surface area contributed by atoms with Gasteiger partial charge in [-0.2, -0.15) is 5.11 Å². The van der Waals surface area contributed by atoms with E-state index in [0.29, 0.717) is 11.1 Å². The summed E-state index contributed by atoms with van der Waals surface area (Å²) in [6.07, 6.45) is 0. The van der Waals surface area contributed by atoms with E-state index in [9.17, 15) is 9.90 Å². The predicted octanol–water partition coefficient (Wildman–Crippen LogP) is 5.51. The molecule has 24 heavy (non-hydrogen) atoms. The van der Waals surface area contributed by atoms with Crippen molar-refractivity contribution in [2.75, 3.05) is 7.11 Å². The SMILES string of the molecule is COC(=O)c1cc2ccccc2c(N=Nc2ccc(Br)cc2)c1O. The zero-order chi connectivity index (χ0) is 17.1. The number of phenols is 1. The maximum absolute atomic E-state index is 11.9. The molecule has 0 saturated carbocycles. The van der Waals surface area contributed by atoms with Crippen molar-refractivity contribution in [2.24, 2.45) is 10.2 Å². The van der Waals surface area contributed by atoms with Crippen LogP contribution in [0.3, 0.4) is 0 Å². The lowest BCUT2D eigenvalue weighted by molar-refractivity contribution is 0.0597. The van der Waals surface area contributed by atoms with Crippen LogP contribution in [0.4, 0.5) is 11.4 Å². The van der Waals surface area contributed by atoms with Crippen molar-refractivity contribution in [3.63, 3.8) is 0 Å². The summed E-state index contributed by atoms with van der Waals surface area (Å²) in [5, 5.41) is 20.2. The third-order valence-corrected chi connectivity index (χ3v) is 4.02. The van der Waals surface area contributed by atoms with Crippen LogP contribution < -0.4 is 0 Å². The molecule has 0 fully saturated rings. The molecule has 0 heterocycles. The molecule has 0 atom stereocenters. The Morgan fingerprint density at radius 2 is 1.79 bits per heavy atom. The van der Waals surface area contributed by atoms with Crippen molar-refractivity contribution < 1.29 is 14.6 Å². The topological polar surface area (TPSA) is 71.2 Å². The fraction of sp³-hybridized carbons (Fsp3) is 0.0556. The van der Waals surface area contributed by atoms with E-state index >= 15 is 0 Å². The summed E-state index contributed by atoms with van der Waals surface area (Å²) < 4.78 is 5.65. The van der Waals surface area contributed by atoms with Crippen molar-refractivity contribution in [1.82, 2.24) is 0 Å². The molecule has 0 unspecified atom stereocenters. The van der Waals surface area contributed by atoms with Crippen molar-refractivity contribution in [3.8, 4) is 5.75 Å². The molecule has 0 saturated heterocycles. The monoisotopic (exact) mass is 384 g/mol. The third-order valence-electron chi connectivity index (χ3n) is 3.49. The summed E-state index contributed by atoms with van der Waals surface area (Å²) in [5.74, 6) is -0.875. The summed E-state index contributed by atoms with van der Waals surface area (Å²) in [5.41, 5.74) is 0.919. The second kappa shape index (κ2) is 6.80. The standard InChI is InChI=1S/C18H13BrN2O3/c1-24-18(23)15-10-11-4-2-3-5-14(11)16(17(15)22)21-20-13-8-6-12(19)7-9-13/h2-10,22H,1H3. The number of azo groups is 1. The minimum Gasteiger partial charge on any atom is -0.505 e. The van der Waals surface area contributed by atoms with Gasteiger partial charge in [0.25, 0.3) is 0 Å². The van der Waals surface area contributed by atoms with E-state index in [4.69, 9.17) is 4.74 Å². The fourth-order valence-corrected chi connectivity index (χ4v) is 2.56. The Morgan fingerprint density at radius 1 is 1.08 bits per heavy atom. The maximum Gasteiger partial charge on any atom is 0.341 e. The van der Waals surface area contributed by atoms with Crippen LogP contribution in [0, 0.1) is 0 Å². The van der Waals surface area contributed by atoms with Crippen molar-refractivity contribution in [1.29, 1.82) is 0 Å². The Hall–Kier alpha value is -2.73. The summed E-state index contributed by atoms with van der Waals surface area (Å²) in [7, 11) is 1.26. The number of carbonyl (C=O) groups excluding carboxylic acids is 1. The number of fused-ring (bicyclic) bond motifs is 1. The highest BCUT2D eigenvalue weighted by Gasteiger charge is 2.18. The van der Waals surface area contributed by atoms with Crippen LogP contribution in [0.25, 0.3) is 10.8 Å². The summed E-state index contributed by atoms with van der Waals surface area (Å²) >= 11 is 3.36. The molecule has 120 valence electrons. The number of aromatic hydroxyl groups is 1. The molecular weight excluding hydrogens is 372 g/mol. The first-order valence-corrected chi connectivity index (χ1v) is 7.90. The fourth-order valence-electron chi connectivity index (χ4n) is 2.30. The molecule has 0 spiro atoms. The van der Waals surface area contributed by atoms with E-state index in [1.54, 1.807) is 18.2 Å². The quantitative estimate of drug-likeness (QED) is 0.477. The number of halogens is 1. The highest BCUT2D eigenvalue weighted by Crippen LogP contribution is 2.39. The van der Waals surface area contributed by atoms with Crippen molar-refractivity contribution in [2.45, 2.75) is 0 Å². The molecule has 3 aromatic carbocycles. The lowest BCUT2D eigenvalue weighted by atomic mass is 10.0. The van der Waals surface area contributed by atoms with Gasteiger partial charge in [0.1, 0.15) is 11.3 Å². The number of hydrogen-bond acceptors (Lipinski definition) is 5. The molecule has 0 aliphatic rings. The van der Waals surface area contributed by atoms with Crippen LogP contribution in [-0.4, -0.2) is 18.2 Å². The predicted molar refractivity (Wildman–Crippen MR) is 95.3 cm³/mol. The molecule has 1 N–H and O–H groups in total. The number of esters is 1. The van der Waals surface area contributed by atoms with Gasteiger partial charge in [0.15, 0.2) is 5.75 Å². The molecular formula is C18H13BrN2O3. The van der Waals surface area contributed by atoms with E-state index in [2.05, 4.69) is 26.2 Å². The van der Waals surface area contributed by atoms with Crippen LogP contribution >= 0.6 is 15.9 Å². The van der Waals surface area contributed by atoms with E-state index in [-0.39, 0.29) is 17.0 Å². The molecule has 0 aromatic heterocycles. The van der Waals surface area contributed by atoms with Gasteiger partial charge in [-0.1, -0.05) is 40.2 Å². The smallest absolute Gasteiger partial charge is 0.341 e. The van der Waals surface area contributed by atoms with Crippen LogP contribution in [-0.2, 0) is 4.74 Å². The zero-order valence-corrected chi connectivity index (χ0v) is 14.3. The largest absolute Gasteiger partial charge is 0.505 e. The van der Waals surface area contributed by atoms with Gasteiger partial charge >= 0.3 is 5.97 Å². The van der Waals surface area contributed by atoms with Crippen molar-refractivity contribution in [3.05, 3.63) is 64.6 Å². The third kappa shape index (κ3) is 3.14. The molecule has 3 aromatic rings. The average molecular weight is 385 g/mol. The maximum atomic E-state index is 11.9. The summed E-state index contributed by atoms with van der Waals surface area (Å²) in [6.45, 7) is 0. The Balaban J connectivity index is 2.16. The van der Waals surface area contributed by atoms with Crippen LogP contribution in [0.15, 0.2) is 69.3 Å². The second-order valence-corrected chi connectivity index (χ2v) is 5.93. The number of carbonyl (C=O) groups is 1. The minimum absolute atomic E-state index is 0.0564. The van der Waals surface area contributed by atoms with Gasteiger partial charge in [0.2, 0.25) is 0 Å². The number of benzene rings is 3. The molecule has 6 heteroatoms. The zero-order valence-electron chi connectivity index (χ0n) is 12.7. The van der Waals surface area contributed by atoms with Crippen LogP contribution in [0.1, 0.15) is 10.4 Å². The second-order valence-electron chi connectivity index (χ2n) is 5.01. The molecule has 0 bridgehead atoms. The van der Waals surface area contributed by atoms with Crippen LogP contribution in [0.5, 0.6) is 5.75 Å². The Morgan fingerprint density at radius 3 is 2.50 bits per heavy atom. The Labute approximate surface area is 146 Å². The Bertz CT molecular complexity index is 937. The number of nitrogens with zero attached hydrogens (tertiary/aromatic N) is 2. The van der Waals surface area contributed by atoms with E-state index in [0.717, 1.165) is 9.86 Å².